The van der Waals surface area contributed by atoms with Crippen molar-refractivity contribution in [3.05, 3.63) is 0 Å². The summed E-state index contributed by atoms with van der Waals surface area (Å²) in [5.41, 5.74) is -0.310. The summed E-state index contributed by atoms with van der Waals surface area (Å²) in [7, 11) is 1.66. The molecule has 0 spiro atoms. The third-order valence-electron chi connectivity index (χ3n) is 3.95. The van der Waals surface area contributed by atoms with E-state index in [1.54, 1.807) is 12.0 Å². The van der Waals surface area contributed by atoms with E-state index in [-0.39, 0.29) is 30.0 Å². The van der Waals surface area contributed by atoms with Crippen molar-refractivity contribution in [2.75, 3.05) is 20.2 Å². The minimum Gasteiger partial charge on any atom is -0.481 e. The maximum atomic E-state index is 12.3. The monoisotopic (exact) mass is 286 g/mol. The van der Waals surface area contributed by atoms with Gasteiger partial charge in [0.15, 0.2) is 0 Å². The molecule has 116 valence electrons. The second-order valence-electron chi connectivity index (χ2n) is 6.08. The summed E-state index contributed by atoms with van der Waals surface area (Å²) in [4.78, 5) is 24.8. The van der Waals surface area contributed by atoms with Crippen molar-refractivity contribution in [1.29, 1.82) is 0 Å². The van der Waals surface area contributed by atoms with Crippen LogP contribution < -0.4 is 5.32 Å². The largest absolute Gasteiger partial charge is 0.481 e. The van der Waals surface area contributed by atoms with E-state index in [1.807, 2.05) is 20.8 Å². The number of rotatable bonds is 5. The molecule has 0 radical (unpaired) electrons. The van der Waals surface area contributed by atoms with E-state index in [9.17, 15) is 9.59 Å². The van der Waals surface area contributed by atoms with Crippen molar-refractivity contribution < 1.29 is 19.4 Å². The van der Waals surface area contributed by atoms with E-state index in [1.165, 1.54) is 0 Å². The fourth-order valence-electron chi connectivity index (χ4n) is 2.44. The highest BCUT2D eigenvalue weighted by Crippen LogP contribution is 2.24. The quantitative estimate of drug-likeness (QED) is 0.806. The lowest BCUT2D eigenvalue weighted by Crippen LogP contribution is -2.55. The molecule has 1 aliphatic rings. The number of carboxylic acid groups (broad SMARTS) is 1. The Hall–Kier alpha value is -1.30. The zero-order valence-corrected chi connectivity index (χ0v) is 12.8. The van der Waals surface area contributed by atoms with Crippen LogP contribution in [0.1, 0.15) is 40.0 Å². The molecular formula is C14H26N2O4. The van der Waals surface area contributed by atoms with Gasteiger partial charge in [-0.15, -0.1) is 0 Å². The number of methoxy groups -OCH3 is 1. The van der Waals surface area contributed by atoms with E-state index >= 15 is 0 Å². The molecule has 2 amide bonds. The minimum absolute atomic E-state index is 0.0568. The van der Waals surface area contributed by atoms with Crippen LogP contribution in [0, 0.1) is 5.92 Å². The van der Waals surface area contributed by atoms with E-state index < -0.39 is 5.97 Å². The van der Waals surface area contributed by atoms with Gasteiger partial charge in [-0.25, -0.2) is 4.79 Å². The number of nitrogens with zero attached hydrogens (tertiary/aromatic N) is 1. The summed E-state index contributed by atoms with van der Waals surface area (Å²) in [6.45, 7) is 7.02. The molecule has 0 aromatic rings. The van der Waals surface area contributed by atoms with E-state index in [2.05, 4.69) is 5.32 Å². The van der Waals surface area contributed by atoms with Crippen LogP contribution in [-0.2, 0) is 9.53 Å². The Morgan fingerprint density at radius 2 is 2.10 bits per heavy atom. The van der Waals surface area contributed by atoms with Gasteiger partial charge in [-0.05, 0) is 25.7 Å². The number of ether oxygens (including phenoxy) is 1. The topological polar surface area (TPSA) is 78.9 Å². The maximum absolute atomic E-state index is 12.3. The van der Waals surface area contributed by atoms with Gasteiger partial charge in [-0.3, -0.25) is 4.79 Å². The Morgan fingerprint density at radius 3 is 2.60 bits per heavy atom. The molecule has 1 aliphatic heterocycles. The van der Waals surface area contributed by atoms with Crippen LogP contribution in [0.3, 0.4) is 0 Å². The third-order valence-corrected chi connectivity index (χ3v) is 3.95. The average Bonchev–Trinajstić information content (AvgIpc) is 2.37. The molecule has 1 fully saturated rings. The molecule has 20 heavy (non-hydrogen) atoms. The number of likely N-dealkylation sites (tertiary alicyclic amines) is 1. The molecule has 1 heterocycles. The smallest absolute Gasteiger partial charge is 0.317 e. The summed E-state index contributed by atoms with van der Waals surface area (Å²) in [6.07, 6.45) is 1.76. The summed E-state index contributed by atoms with van der Waals surface area (Å²) in [5.74, 6) is -0.821. The van der Waals surface area contributed by atoms with Gasteiger partial charge in [0.1, 0.15) is 0 Å². The molecule has 6 heteroatoms. The van der Waals surface area contributed by atoms with Crippen LogP contribution in [0.2, 0.25) is 0 Å². The molecule has 2 unspecified atom stereocenters. The Balaban J connectivity index is 2.62. The Labute approximate surface area is 120 Å². The Morgan fingerprint density at radius 1 is 1.45 bits per heavy atom. The molecule has 2 atom stereocenters. The van der Waals surface area contributed by atoms with Gasteiger partial charge in [0.25, 0.3) is 0 Å². The fraction of sp³-hybridized carbons (Fsp3) is 0.857. The summed E-state index contributed by atoms with van der Waals surface area (Å²) in [5, 5.41) is 11.7. The van der Waals surface area contributed by atoms with Gasteiger partial charge in [-0.2, -0.15) is 0 Å². The van der Waals surface area contributed by atoms with Crippen molar-refractivity contribution >= 4 is 12.0 Å². The van der Waals surface area contributed by atoms with E-state index in [0.717, 1.165) is 12.8 Å². The predicted octanol–water partition coefficient (Wildman–Crippen LogP) is 1.70. The number of aliphatic carboxylic acids is 1. The Kier molecular flexibility index (Phi) is 5.80. The molecule has 2 N–H and O–H groups in total. The van der Waals surface area contributed by atoms with Gasteiger partial charge in [0.2, 0.25) is 0 Å². The van der Waals surface area contributed by atoms with Gasteiger partial charge in [0, 0.05) is 19.7 Å². The SMILES string of the molecule is COC1(C)CCCN(C(=O)NC(CC(=O)O)C(C)C)C1. The van der Waals surface area contributed by atoms with Crippen molar-refractivity contribution in [2.45, 2.75) is 51.7 Å². The molecule has 0 aromatic heterocycles. The average molecular weight is 286 g/mol. The number of urea groups is 1. The highest BCUT2D eigenvalue weighted by molar-refractivity contribution is 5.76. The number of carbonyl (C=O) groups is 2. The third kappa shape index (κ3) is 4.67. The Bertz CT molecular complexity index is 359. The summed E-state index contributed by atoms with van der Waals surface area (Å²) < 4.78 is 5.46. The van der Waals surface area contributed by atoms with Crippen molar-refractivity contribution in [1.82, 2.24) is 10.2 Å². The summed E-state index contributed by atoms with van der Waals surface area (Å²) in [6, 6.07) is -0.552. The second kappa shape index (κ2) is 6.92. The standard InChI is InChI=1S/C14H26N2O4/c1-10(2)11(8-12(17)18)15-13(19)16-7-5-6-14(3,9-16)20-4/h10-11H,5-9H2,1-4H3,(H,15,19)(H,17,18). The van der Waals surface area contributed by atoms with E-state index in [0.29, 0.717) is 13.1 Å². The van der Waals surface area contributed by atoms with Crippen LogP contribution in [0.4, 0.5) is 4.79 Å². The number of carboxylic acids is 1. The normalized spacial score (nSPS) is 24.6. The predicted molar refractivity (Wildman–Crippen MR) is 75.6 cm³/mol. The first-order valence-electron chi connectivity index (χ1n) is 7.10. The molecule has 0 bridgehead atoms. The van der Waals surface area contributed by atoms with Crippen LogP contribution in [0.5, 0.6) is 0 Å². The highest BCUT2D eigenvalue weighted by Gasteiger charge is 2.34. The van der Waals surface area contributed by atoms with Crippen LogP contribution >= 0.6 is 0 Å². The molecular weight excluding hydrogens is 260 g/mol. The van der Waals surface area contributed by atoms with Crippen molar-refractivity contribution in [3.8, 4) is 0 Å². The lowest BCUT2D eigenvalue weighted by Gasteiger charge is -2.40. The van der Waals surface area contributed by atoms with Gasteiger partial charge in [0.05, 0.1) is 18.6 Å². The molecule has 1 rings (SSSR count). The van der Waals surface area contributed by atoms with Gasteiger partial charge >= 0.3 is 12.0 Å². The molecule has 6 nitrogen and oxygen atoms in total. The lowest BCUT2D eigenvalue weighted by molar-refractivity contribution is -0.137. The lowest BCUT2D eigenvalue weighted by atomic mass is 9.95. The zero-order valence-electron chi connectivity index (χ0n) is 12.8. The first-order valence-corrected chi connectivity index (χ1v) is 7.10. The maximum Gasteiger partial charge on any atom is 0.317 e. The van der Waals surface area contributed by atoms with Gasteiger partial charge < -0.3 is 20.1 Å². The van der Waals surface area contributed by atoms with Crippen molar-refractivity contribution in [2.24, 2.45) is 5.92 Å². The van der Waals surface area contributed by atoms with Crippen LogP contribution in [-0.4, -0.2) is 53.8 Å². The minimum atomic E-state index is -0.899. The number of nitrogens with one attached hydrogen (secondary N) is 1. The van der Waals surface area contributed by atoms with E-state index in [4.69, 9.17) is 9.84 Å². The van der Waals surface area contributed by atoms with Crippen molar-refractivity contribution in [3.63, 3.8) is 0 Å². The number of hydrogen-bond donors (Lipinski definition) is 2. The first kappa shape index (κ1) is 16.8. The number of amides is 2. The highest BCUT2D eigenvalue weighted by atomic mass is 16.5. The fourth-order valence-corrected chi connectivity index (χ4v) is 2.44. The summed E-state index contributed by atoms with van der Waals surface area (Å²) >= 11 is 0. The molecule has 0 aromatic carbocycles. The number of carbonyl (C=O) groups excluding carboxylic acids is 1. The molecule has 0 saturated carbocycles. The van der Waals surface area contributed by atoms with Crippen LogP contribution in [0.15, 0.2) is 0 Å². The number of hydrogen-bond acceptors (Lipinski definition) is 3. The van der Waals surface area contributed by atoms with Crippen LogP contribution in [0.25, 0.3) is 0 Å². The number of piperidine rings is 1. The molecule has 0 aliphatic carbocycles. The molecule has 1 saturated heterocycles. The zero-order chi connectivity index (χ0) is 15.3. The van der Waals surface area contributed by atoms with Gasteiger partial charge in [-0.1, -0.05) is 13.8 Å². The first-order chi connectivity index (χ1) is 9.27. The second-order valence-corrected chi connectivity index (χ2v) is 6.08.